The average molecular weight is 385 g/mol. The number of hydrogen-bond donors (Lipinski definition) is 0. The molecule has 0 amide bonds. The van der Waals surface area contributed by atoms with Crippen molar-refractivity contribution < 1.29 is 17.9 Å². The van der Waals surface area contributed by atoms with E-state index in [-0.39, 0.29) is 9.80 Å². The SMILES string of the molecule is CCCCOc1ccc(/C=C(\C#N)S(=O)(=O)c2ccc(C)cc2)cc1OC. The average Bonchev–Trinajstić information content (AvgIpc) is 2.67. The van der Waals surface area contributed by atoms with Crippen LogP contribution in [0.15, 0.2) is 52.3 Å². The molecule has 0 aliphatic rings. The molecule has 0 fully saturated rings. The van der Waals surface area contributed by atoms with Gasteiger partial charge in [0.15, 0.2) is 11.5 Å². The molecule has 0 aromatic heterocycles. The second-order valence-corrected chi connectivity index (χ2v) is 7.97. The zero-order chi connectivity index (χ0) is 19.9. The van der Waals surface area contributed by atoms with Crippen LogP contribution in [0.3, 0.4) is 0 Å². The number of methoxy groups -OCH3 is 1. The molecule has 0 N–H and O–H groups in total. The molecule has 0 spiro atoms. The summed E-state index contributed by atoms with van der Waals surface area (Å²) in [6, 6.07) is 13.3. The fourth-order valence-corrected chi connectivity index (χ4v) is 3.55. The van der Waals surface area contributed by atoms with Crippen molar-refractivity contribution in [2.24, 2.45) is 0 Å². The van der Waals surface area contributed by atoms with Gasteiger partial charge in [-0.2, -0.15) is 5.26 Å². The van der Waals surface area contributed by atoms with Crippen molar-refractivity contribution in [3.05, 3.63) is 58.5 Å². The molecule has 0 radical (unpaired) electrons. The van der Waals surface area contributed by atoms with Crippen LogP contribution in [0.5, 0.6) is 11.5 Å². The highest BCUT2D eigenvalue weighted by atomic mass is 32.2. The number of unbranched alkanes of at least 4 members (excludes halogenated alkanes) is 1. The van der Waals surface area contributed by atoms with Crippen LogP contribution in [-0.4, -0.2) is 22.1 Å². The third kappa shape index (κ3) is 5.11. The van der Waals surface area contributed by atoms with Gasteiger partial charge in [0.05, 0.1) is 18.6 Å². The van der Waals surface area contributed by atoms with Crippen LogP contribution in [0, 0.1) is 18.3 Å². The Balaban J connectivity index is 2.37. The summed E-state index contributed by atoms with van der Waals surface area (Å²) < 4.78 is 36.5. The first-order valence-electron chi connectivity index (χ1n) is 8.66. The van der Waals surface area contributed by atoms with Gasteiger partial charge in [-0.25, -0.2) is 8.42 Å². The Labute approximate surface area is 160 Å². The van der Waals surface area contributed by atoms with Gasteiger partial charge in [-0.15, -0.1) is 0 Å². The van der Waals surface area contributed by atoms with Crippen molar-refractivity contribution in [3.8, 4) is 17.6 Å². The fraction of sp³-hybridized carbons (Fsp3) is 0.286. The van der Waals surface area contributed by atoms with Gasteiger partial charge in [-0.1, -0.05) is 37.1 Å². The summed E-state index contributed by atoms with van der Waals surface area (Å²) in [6.45, 7) is 4.52. The number of ether oxygens (including phenoxy) is 2. The molecular weight excluding hydrogens is 362 g/mol. The van der Waals surface area contributed by atoms with Crippen LogP contribution in [-0.2, 0) is 9.84 Å². The lowest BCUT2D eigenvalue weighted by Crippen LogP contribution is -2.03. The zero-order valence-electron chi connectivity index (χ0n) is 15.7. The van der Waals surface area contributed by atoms with Crippen LogP contribution < -0.4 is 9.47 Å². The van der Waals surface area contributed by atoms with Gasteiger partial charge in [-0.05, 0) is 49.2 Å². The first-order chi connectivity index (χ1) is 12.9. The summed E-state index contributed by atoms with van der Waals surface area (Å²) in [5.74, 6) is 1.08. The molecule has 0 saturated heterocycles. The van der Waals surface area contributed by atoms with Crippen LogP contribution in [0.4, 0.5) is 0 Å². The molecule has 0 heterocycles. The Morgan fingerprint density at radius 2 is 1.85 bits per heavy atom. The Kier molecular flexibility index (Phi) is 7.03. The number of hydrogen-bond acceptors (Lipinski definition) is 5. The van der Waals surface area contributed by atoms with Gasteiger partial charge in [0.1, 0.15) is 11.0 Å². The first kappa shape index (κ1) is 20.5. The van der Waals surface area contributed by atoms with E-state index >= 15 is 0 Å². The maximum Gasteiger partial charge on any atom is 0.216 e. The predicted octanol–water partition coefficient (Wildman–Crippen LogP) is 4.52. The van der Waals surface area contributed by atoms with Gasteiger partial charge in [0.25, 0.3) is 0 Å². The molecule has 0 unspecified atom stereocenters. The van der Waals surface area contributed by atoms with Crippen molar-refractivity contribution >= 4 is 15.9 Å². The number of nitriles is 1. The van der Waals surface area contributed by atoms with Gasteiger partial charge in [0.2, 0.25) is 9.84 Å². The molecule has 27 heavy (non-hydrogen) atoms. The van der Waals surface area contributed by atoms with E-state index in [1.54, 1.807) is 36.4 Å². The lowest BCUT2D eigenvalue weighted by atomic mass is 10.2. The molecule has 2 aromatic rings. The van der Waals surface area contributed by atoms with Crippen molar-refractivity contribution in [1.82, 2.24) is 0 Å². The Hall–Kier alpha value is -2.78. The molecule has 6 heteroatoms. The molecule has 2 rings (SSSR count). The van der Waals surface area contributed by atoms with Crippen LogP contribution >= 0.6 is 0 Å². The van der Waals surface area contributed by atoms with Crippen LogP contribution in [0.25, 0.3) is 6.08 Å². The molecule has 2 aromatic carbocycles. The monoisotopic (exact) mass is 385 g/mol. The number of nitrogens with zero attached hydrogens (tertiary/aromatic N) is 1. The standard InChI is InChI=1S/C21H23NO4S/c1-4-5-12-26-20-11-8-17(14-21(20)25-3)13-19(15-22)27(23,24)18-9-6-16(2)7-10-18/h6-11,13-14H,4-5,12H2,1-3H3/b19-13+. The number of allylic oxidation sites excluding steroid dienone is 1. The second-order valence-electron chi connectivity index (χ2n) is 6.05. The smallest absolute Gasteiger partial charge is 0.216 e. The molecule has 0 bridgehead atoms. The predicted molar refractivity (Wildman–Crippen MR) is 105 cm³/mol. The highest BCUT2D eigenvalue weighted by Gasteiger charge is 2.21. The van der Waals surface area contributed by atoms with E-state index in [9.17, 15) is 13.7 Å². The number of aryl methyl sites for hydroxylation is 1. The Bertz CT molecular complexity index is 955. The van der Waals surface area contributed by atoms with Crippen LogP contribution in [0.2, 0.25) is 0 Å². The normalized spacial score (nSPS) is 11.7. The molecule has 142 valence electrons. The molecule has 5 nitrogen and oxygen atoms in total. The van der Waals surface area contributed by atoms with Crippen molar-refractivity contribution in [1.29, 1.82) is 5.26 Å². The van der Waals surface area contributed by atoms with E-state index in [4.69, 9.17) is 9.47 Å². The largest absolute Gasteiger partial charge is 0.493 e. The highest BCUT2D eigenvalue weighted by Crippen LogP contribution is 2.30. The maximum absolute atomic E-state index is 12.7. The third-order valence-corrected chi connectivity index (χ3v) is 5.65. The minimum Gasteiger partial charge on any atom is -0.493 e. The van der Waals surface area contributed by atoms with Gasteiger partial charge in [-0.3, -0.25) is 0 Å². The molecule has 0 aliphatic carbocycles. The minimum atomic E-state index is -3.89. The fourth-order valence-electron chi connectivity index (χ4n) is 2.39. The first-order valence-corrected chi connectivity index (χ1v) is 10.1. The van der Waals surface area contributed by atoms with E-state index in [2.05, 4.69) is 6.92 Å². The van der Waals surface area contributed by atoms with E-state index in [1.807, 2.05) is 6.92 Å². The van der Waals surface area contributed by atoms with Crippen LogP contribution in [0.1, 0.15) is 30.9 Å². The van der Waals surface area contributed by atoms with E-state index in [0.717, 1.165) is 18.4 Å². The third-order valence-electron chi connectivity index (χ3n) is 3.97. The minimum absolute atomic E-state index is 0.0902. The van der Waals surface area contributed by atoms with E-state index < -0.39 is 9.84 Å². The van der Waals surface area contributed by atoms with Gasteiger partial charge >= 0.3 is 0 Å². The molecular formula is C21H23NO4S. The molecule has 0 atom stereocenters. The summed E-state index contributed by atoms with van der Waals surface area (Å²) in [4.78, 5) is -0.236. The summed E-state index contributed by atoms with van der Waals surface area (Å²) >= 11 is 0. The number of sulfone groups is 1. The Morgan fingerprint density at radius 3 is 2.44 bits per heavy atom. The highest BCUT2D eigenvalue weighted by molar-refractivity contribution is 7.95. The molecule has 0 saturated carbocycles. The summed E-state index contributed by atoms with van der Waals surface area (Å²) in [7, 11) is -2.37. The topological polar surface area (TPSA) is 76.4 Å². The van der Waals surface area contributed by atoms with Crippen molar-refractivity contribution in [3.63, 3.8) is 0 Å². The van der Waals surface area contributed by atoms with Gasteiger partial charge in [0, 0.05) is 0 Å². The summed E-state index contributed by atoms with van der Waals surface area (Å²) in [5.41, 5.74) is 1.49. The van der Waals surface area contributed by atoms with Crippen molar-refractivity contribution in [2.75, 3.05) is 13.7 Å². The van der Waals surface area contributed by atoms with Gasteiger partial charge < -0.3 is 9.47 Å². The summed E-state index contributed by atoms with van der Waals surface area (Å²) in [5, 5.41) is 9.41. The quantitative estimate of drug-likeness (QED) is 0.493. The zero-order valence-corrected chi connectivity index (χ0v) is 16.5. The maximum atomic E-state index is 12.7. The van der Waals surface area contributed by atoms with Crippen molar-refractivity contribution in [2.45, 2.75) is 31.6 Å². The number of benzene rings is 2. The summed E-state index contributed by atoms with van der Waals surface area (Å²) in [6.07, 6.45) is 3.29. The number of rotatable bonds is 8. The lowest BCUT2D eigenvalue weighted by molar-refractivity contribution is 0.288. The second kappa shape index (κ2) is 9.24. The van der Waals surface area contributed by atoms with E-state index in [1.165, 1.54) is 25.3 Å². The van der Waals surface area contributed by atoms with E-state index in [0.29, 0.717) is 23.7 Å². The molecule has 0 aliphatic heterocycles. The Morgan fingerprint density at radius 1 is 1.15 bits per heavy atom. The lowest BCUT2D eigenvalue weighted by Gasteiger charge is -2.11.